The van der Waals surface area contributed by atoms with Crippen molar-refractivity contribution in [1.82, 2.24) is 10.3 Å². The van der Waals surface area contributed by atoms with Gasteiger partial charge in [0.05, 0.1) is 4.92 Å². The van der Waals surface area contributed by atoms with Crippen LogP contribution in [0, 0.1) is 10.1 Å². The zero-order valence-electron chi connectivity index (χ0n) is 10.9. The molecule has 1 N–H and O–H groups in total. The molecule has 0 saturated heterocycles. The summed E-state index contributed by atoms with van der Waals surface area (Å²) in [6.07, 6.45) is 3.48. The monoisotopic (exact) mass is 291 g/mol. The standard InChI is InChI=1S/C14H14ClN3O2/c1-10(11-3-2-6-16-8-11)17-9-12-4-5-13(15)7-14(12)18(19)20/h2-8,10,17H,9H2,1H3/t10-/m1/s1. The molecule has 6 heteroatoms. The van der Waals surface area contributed by atoms with Crippen LogP contribution in [0.3, 0.4) is 0 Å². The normalized spacial score (nSPS) is 12.1. The lowest BCUT2D eigenvalue weighted by Gasteiger charge is -2.13. The SMILES string of the molecule is C[C@@H](NCc1ccc(Cl)cc1[N+](=O)[O-])c1cccnc1. The number of nitro benzene ring substituents is 1. The third-order valence-electron chi connectivity index (χ3n) is 3.03. The molecule has 0 aliphatic heterocycles. The van der Waals surface area contributed by atoms with E-state index < -0.39 is 4.92 Å². The fourth-order valence-electron chi connectivity index (χ4n) is 1.87. The maximum atomic E-state index is 11.0. The molecule has 20 heavy (non-hydrogen) atoms. The first kappa shape index (κ1) is 14.4. The minimum atomic E-state index is -0.419. The van der Waals surface area contributed by atoms with Gasteiger partial charge in [-0.25, -0.2) is 0 Å². The number of benzene rings is 1. The van der Waals surface area contributed by atoms with E-state index in [1.807, 2.05) is 19.1 Å². The summed E-state index contributed by atoms with van der Waals surface area (Å²) in [4.78, 5) is 14.6. The molecule has 0 radical (unpaired) electrons. The summed E-state index contributed by atoms with van der Waals surface area (Å²) in [5.74, 6) is 0. The van der Waals surface area contributed by atoms with Crippen molar-refractivity contribution >= 4 is 17.3 Å². The largest absolute Gasteiger partial charge is 0.306 e. The van der Waals surface area contributed by atoms with E-state index in [4.69, 9.17) is 11.6 Å². The summed E-state index contributed by atoms with van der Waals surface area (Å²) >= 11 is 5.79. The molecule has 104 valence electrons. The number of nitrogens with zero attached hydrogens (tertiary/aromatic N) is 2. The van der Waals surface area contributed by atoms with Crippen LogP contribution in [0.25, 0.3) is 0 Å². The van der Waals surface area contributed by atoms with Gasteiger partial charge in [0.15, 0.2) is 0 Å². The molecule has 0 spiro atoms. The summed E-state index contributed by atoms with van der Waals surface area (Å²) in [6.45, 7) is 2.38. The molecular formula is C14H14ClN3O2. The van der Waals surface area contributed by atoms with Crippen LogP contribution < -0.4 is 5.32 Å². The molecule has 5 nitrogen and oxygen atoms in total. The van der Waals surface area contributed by atoms with Gasteiger partial charge in [-0.05, 0) is 30.7 Å². The number of hydrogen-bond acceptors (Lipinski definition) is 4. The van der Waals surface area contributed by atoms with Crippen LogP contribution in [-0.2, 0) is 6.54 Å². The van der Waals surface area contributed by atoms with Gasteiger partial charge in [-0.1, -0.05) is 17.7 Å². The first-order valence-electron chi connectivity index (χ1n) is 6.14. The second-order valence-corrected chi connectivity index (χ2v) is 4.86. The van der Waals surface area contributed by atoms with Crippen molar-refractivity contribution < 1.29 is 4.92 Å². The van der Waals surface area contributed by atoms with Crippen LogP contribution in [0.4, 0.5) is 5.69 Å². The van der Waals surface area contributed by atoms with Gasteiger partial charge < -0.3 is 5.32 Å². The van der Waals surface area contributed by atoms with E-state index in [1.54, 1.807) is 24.5 Å². The summed E-state index contributed by atoms with van der Waals surface area (Å²) in [6, 6.07) is 8.56. The first-order valence-corrected chi connectivity index (χ1v) is 6.52. The highest BCUT2D eigenvalue weighted by Gasteiger charge is 2.15. The quantitative estimate of drug-likeness (QED) is 0.676. The zero-order valence-corrected chi connectivity index (χ0v) is 11.7. The molecule has 0 aliphatic rings. The molecule has 0 saturated carbocycles. The predicted octanol–water partition coefficient (Wildman–Crippen LogP) is 3.49. The van der Waals surface area contributed by atoms with Gasteiger partial charge in [0.25, 0.3) is 5.69 Å². The Morgan fingerprint density at radius 3 is 2.90 bits per heavy atom. The maximum Gasteiger partial charge on any atom is 0.275 e. The Labute approximate surface area is 121 Å². The fraction of sp³-hybridized carbons (Fsp3) is 0.214. The Morgan fingerprint density at radius 1 is 1.45 bits per heavy atom. The molecule has 1 atom stereocenters. The van der Waals surface area contributed by atoms with Crippen LogP contribution in [0.1, 0.15) is 24.1 Å². The lowest BCUT2D eigenvalue weighted by Crippen LogP contribution is -2.18. The molecule has 0 amide bonds. The Kier molecular flexibility index (Phi) is 4.65. The number of pyridine rings is 1. The fourth-order valence-corrected chi connectivity index (χ4v) is 2.04. The summed E-state index contributed by atoms with van der Waals surface area (Å²) in [7, 11) is 0. The van der Waals surface area contributed by atoms with Gasteiger partial charge in [0.2, 0.25) is 0 Å². The highest BCUT2D eigenvalue weighted by Crippen LogP contribution is 2.23. The second kappa shape index (κ2) is 6.45. The van der Waals surface area contributed by atoms with Crippen LogP contribution >= 0.6 is 11.6 Å². The maximum absolute atomic E-state index is 11.0. The Morgan fingerprint density at radius 2 is 2.25 bits per heavy atom. The molecule has 0 aliphatic carbocycles. The number of rotatable bonds is 5. The minimum Gasteiger partial charge on any atom is -0.306 e. The van der Waals surface area contributed by atoms with Crippen molar-refractivity contribution in [2.24, 2.45) is 0 Å². The van der Waals surface area contributed by atoms with Gasteiger partial charge in [0.1, 0.15) is 0 Å². The van der Waals surface area contributed by atoms with Gasteiger partial charge in [-0.15, -0.1) is 0 Å². The van der Waals surface area contributed by atoms with Gasteiger partial charge in [-0.2, -0.15) is 0 Å². The van der Waals surface area contributed by atoms with E-state index in [-0.39, 0.29) is 11.7 Å². The first-order chi connectivity index (χ1) is 9.58. The highest BCUT2D eigenvalue weighted by molar-refractivity contribution is 6.30. The number of nitro groups is 1. The Hall–Kier alpha value is -1.98. The molecule has 0 fully saturated rings. The summed E-state index contributed by atoms with van der Waals surface area (Å²) in [5, 5.41) is 14.6. The molecule has 2 rings (SSSR count). The average Bonchev–Trinajstić information content (AvgIpc) is 2.46. The lowest BCUT2D eigenvalue weighted by atomic mass is 10.1. The van der Waals surface area contributed by atoms with Crippen molar-refractivity contribution in [2.45, 2.75) is 19.5 Å². The molecule has 1 aromatic carbocycles. The van der Waals surface area contributed by atoms with Crippen molar-refractivity contribution in [3.8, 4) is 0 Å². The second-order valence-electron chi connectivity index (χ2n) is 4.42. The van der Waals surface area contributed by atoms with E-state index in [1.165, 1.54) is 6.07 Å². The molecule has 1 heterocycles. The van der Waals surface area contributed by atoms with E-state index in [0.29, 0.717) is 17.1 Å². The third-order valence-corrected chi connectivity index (χ3v) is 3.26. The average molecular weight is 292 g/mol. The Bertz CT molecular complexity index is 605. The lowest BCUT2D eigenvalue weighted by molar-refractivity contribution is -0.385. The van der Waals surface area contributed by atoms with Crippen LogP contribution in [0.2, 0.25) is 5.02 Å². The van der Waals surface area contributed by atoms with Crippen molar-refractivity contribution in [1.29, 1.82) is 0 Å². The Balaban J connectivity index is 2.09. The minimum absolute atomic E-state index is 0.0309. The summed E-state index contributed by atoms with van der Waals surface area (Å²) in [5.41, 5.74) is 1.67. The predicted molar refractivity (Wildman–Crippen MR) is 77.6 cm³/mol. The number of nitrogens with one attached hydrogen (secondary N) is 1. The van der Waals surface area contributed by atoms with Gasteiger partial charge in [0, 0.05) is 41.6 Å². The molecule has 0 unspecified atom stereocenters. The van der Waals surface area contributed by atoms with Gasteiger partial charge in [-0.3, -0.25) is 15.1 Å². The highest BCUT2D eigenvalue weighted by atomic mass is 35.5. The van der Waals surface area contributed by atoms with Crippen molar-refractivity contribution in [3.05, 3.63) is 69.0 Å². The molecule has 2 aromatic rings. The van der Waals surface area contributed by atoms with E-state index in [9.17, 15) is 10.1 Å². The zero-order chi connectivity index (χ0) is 14.5. The van der Waals surface area contributed by atoms with Crippen LogP contribution in [0.5, 0.6) is 0 Å². The van der Waals surface area contributed by atoms with E-state index in [0.717, 1.165) is 5.56 Å². The number of aromatic nitrogens is 1. The number of hydrogen-bond donors (Lipinski definition) is 1. The van der Waals surface area contributed by atoms with Gasteiger partial charge >= 0.3 is 0 Å². The van der Waals surface area contributed by atoms with E-state index >= 15 is 0 Å². The van der Waals surface area contributed by atoms with E-state index in [2.05, 4.69) is 10.3 Å². The third kappa shape index (κ3) is 3.53. The smallest absolute Gasteiger partial charge is 0.275 e. The van der Waals surface area contributed by atoms with Crippen molar-refractivity contribution in [3.63, 3.8) is 0 Å². The topological polar surface area (TPSA) is 68.1 Å². The molecule has 1 aromatic heterocycles. The van der Waals surface area contributed by atoms with Crippen molar-refractivity contribution in [2.75, 3.05) is 0 Å². The van der Waals surface area contributed by atoms with Crippen LogP contribution in [0.15, 0.2) is 42.7 Å². The molecular weight excluding hydrogens is 278 g/mol. The van der Waals surface area contributed by atoms with Crippen LogP contribution in [-0.4, -0.2) is 9.91 Å². The number of halogens is 1. The molecule has 0 bridgehead atoms. The summed E-state index contributed by atoms with van der Waals surface area (Å²) < 4.78 is 0.